The Labute approximate surface area is 198 Å². The van der Waals surface area contributed by atoms with Crippen LogP contribution < -0.4 is 10.1 Å². The quantitative estimate of drug-likeness (QED) is 0.344. The second kappa shape index (κ2) is 9.60. The van der Waals surface area contributed by atoms with Gasteiger partial charge < -0.3 is 10.1 Å². The number of halogens is 4. The predicted octanol–water partition coefficient (Wildman–Crippen LogP) is 5.94. The summed E-state index contributed by atoms with van der Waals surface area (Å²) in [6.07, 6.45) is 1.42. The summed E-state index contributed by atoms with van der Waals surface area (Å²) >= 11 is 12.6. The molecule has 3 aromatic carbocycles. The van der Waals surface area contributed by atoms with E-state index in [-0.39, 0.29) is 46.0 Å². The van der Waals surface area contributed by atoms with Gasteiger partial charge in [0.2, 0.25) is 0 Å². The molecule has 3 aromatic rings. The highest BCUT2D eigenvalue weighted by atomic mass is 35.5. The lowest BCUT2D eigenvalue weighted by Crippen LogP contribution is -2.30. The van der Waals surface area contributed by atoms with E-state index in [1.54, 1.807) is 18.2 Å². The smallest absolute Gasteiger partial charge is 0.329 e. The maximum Gasteiger partial charge on any atom is 0.329 e. The van der Waals surface area contributed by atoms with Crippen LogP contribution in [0.15, 0.2) is 66.4 Å². The van der Waals surface area contributed by atoms with Crippen molar-refractivity contribution in [1.29, 1.82) is 0 Å². The van der Waals surface area contributed by atoms with Crippen molar-refractivity contribution in [3.05, 3.63) is 105 Å². The average molecular weight is 489 g/mol. The molecule has 9 heteroatoms. The van der Waals surface area contributed by atoms with Crippen LogP contribution in [-0.2, 0) is 17.9 Å². The number of benzene rings is 3. The molecule has 0 bridgehead atoms. The Balaban J connectivity index is 1.50. The van der Waals surface area contributed by atoms with Gasteiger partial charge in [0.1, 0.15) is 23.9 Å². The fraction of sp³-hybridized carbons (Fsp3) is 0.0833. The number of hydrogen-bond acceptors (Lipinski definition) is 3. The van der Waals surface area contributed by atoms with Gasteiger partial charge >= 0.3 is 6.03 Å². The molecule has 1 N–H and O–H groups in total. The molecule has 0 atom stereocenters. The molecule has 0 saturated carbocycles. The number of nitrogens with one attached hydrogen (secondary N) is 1. The number of hydrogen-bond donors (Lipinski definition) is 1. The fourth-order valence-corrected chi connectivity index (χ4v) is 3.83. The van der Waals surface area contributed by atoms with Gasteiger partial charge in [-0.15, -0.1) is 0 Å². The zero-order chi connectivity index (χ0) is 23.5. The summed E-state index contributed by atoms with van der Waals surface area (Å²) in [5.41, 5.74) is 1.40. The van der Waals surface area contributed by atoms with E-state index < -0.39 is 17.8 Å². The highest BCUT2D eigenvalue weighted by Crippen LogP contribution is 2.35. The van der Waals surface area contributed by atoms with Gasteiger partial charge in [-0.25, -0.2) is 13.6 Å². The molecule has 1 saturated heterocycles. The standard InChI is InChI=1S/C24H16Cl2F2N2O3/c25-18-9-15(10-19(26)22(18)33-13-14-5-7-17(27)8-6-14)11-21-23(31)30(24(32)29-21)12-16-3-1-2-4-20(16)28/h1-11H,12-13H2,(H,29,32)/b21-11+. The molecule has 0 aliphatic carbocycles. The molecule has 5 nitrogen and oxygen atoms in total. The van der Waals surface area contributed by atoms with Gasteiger partial charge in [-0.05, 0) is 47.5 Å². The molecule has 1 aliphatic rings. The van der Waals surface area contributed by atoms with E-state index in [2.05, 4.69) is 5.32 Å². The molecule has 1 aliphatic heterocycles. The zero-order valence-corrected chi connectivity index (χ0v) is 18.5. The first-order valence-corrected chi connectivity index (χ1v) is 10.5. The number of carbonyl (C=O) groups is 2. The number of amides is 3. The number of urea groups is 1. The topological polar surface area (TPSA) is 58.6 Å². The minimum Gasteiger partial charge on any atom is -0.486 e. The Morgan fingerprint density at radius 3 is 2.30 bits per heavy atom. The monoisotopic (exact) mass is 488 g/mol. The molecule has 33 heavy (non-hydrogen) atoms. The van der Waals surface area contributed by atoms with Crippen molar-refractivity contribution in [3.63, 3.8) is 0 Å². The van der Waals surface area contributed by atoms with Crippen molar-refractivity contribution >= 4 is 41.2 Å². The van der Waals surface area contributed by atoms with Crippen molar-refractivity contribution in [2.75, 3.05) is 0 Å². The van der Waals surface area contributed by atoms with Gasteiger partial charge in [-0.3, -0.25) is 9.69 Å². The largest absolute Gasteiger partial charge is 0.486 e. The molecule has 4 rings (SSSR count). The summed E-state index contributed by atoms with van der Waals surface area (Å²) < 4.78 is 32.6. The van der Waals surface area contributed by atoms with Crippen molar-refractivity contribution in [3.8, 4) is 5.75 Å². The first kappa shape index (κ1) is 22.8. The zero-order valence-electron chi connectivity index (χ0n) is 16.9. The Morgan fingerprint density at radius 1 is 0.970 bits per heavy atom. The van der Waals surface area contributed by atoms with E-state index in [1.165, 1.54) is 48.5 Å². The molecular formula is C24H16Cl2F2N2O3. The Morgan fingerprint density at radius 2 is 1.64 bits per heavy atom. The lowest BCUT2D eigenvalue weighted by Gasteiger charge is -2.12. The normalized spacial score (nSPS) is 14.7. The van der Waals surface area contributed by atoms with Crippen LogP contribution in [0.2, 0.25) is 10.0 Å². The number of nitrogens with zero attached hydrogens (tertiary/aromatic N) is 1. The van der Waals surface area contributed by atoms with E-state index in [1.807, 2.05) is 0 Å². The van der Waals surface area contributed by atoms with Gasteiger partial charge in [0.05, 0.1) is 16.6 Å². The number of ether oxygens (including phenoxy) is 1. The van der Waals surface area contributed by atoms with E-state index in [0.29, 0.717) is 5.56 Å². The second-order valence-corrected chi connectivity index (χ2v) is 8.01. The SMILES string of the molecule is O=C1N/C(=C/c2cc(Cl)c(OCc3ccc(F)cc3)c(Cl)c2)C(=O)N1Cc1ccccc1F. The lowest BCUT2D eigenvalue weighted by atomic mass is 10.1. The fourth-order valence-electron chi connectivity index (χ4n) is 3.22. The third kappa shape index (κ3) is 5.16. The van der Waals surface area contributed by atoms with Gasteiger partial charge in [0, 0.05) is 5.56 Å². The van der Waals surface area contributed by atoms with E-state index >= 15 is 0 Å². The molecule has 1 fully saturated rings. The molecule has 0 unspecified atom stereocenters. The van der Waals surface area contributed by atoms with Crippen molar-refractivity contribution in [1.82, 2.24) is 10.2 Å². The third-order valence-corrected chi connectivity index (χ3v) is 5.44. The summed E-state index contributed by atoms with van der Waals surface area (Å²) in [5.74, 6) is -1.24. The van der Waals surface area contributed by atoms with Crippen molar-refractivity contribution < 1.29 is 23.1 Å². The minimum atomic E-state index is -0.661. The Hall–Kier alpha value is -3.42. The number of imide groups is 1. The van der Waals surface area contributed by atoms with Crippen LogP contribution in [0.1, 0.15) is 16.7 Å². The van der Waals surface area contributed by atoms with Crippen LogP contribution >= 0.6 is 23.2 Å². The van der Waals surface area contributed by atoms with Crippen molar-refractivity contribution in [2.24, 2.45) is 0 Å². The molecule has 1 heterocycles. The van der Waals surface area contributed by atoms with Gasteiger partial charge in [0.15, 0.2) is 5.75 Å². The van der Waals surface area contributed by atoms with Crippen molar-refractivity contribution in [2.45, 2.75) is 13.2 Å². The molecule has 168 valence electrons. The van der Waals surface area contributed by atoms with E-state index in [4.69, 9.17) is 27.9 Å². The average Bonchev–Trinajstić information content (AvgIpc) is 3.03. The van der Waals surface area contributed by atoms with E-state index in [0.717, 1.165) is 10.5 Å². The highest BCUT2D eigenvalue weighted by Gasteiger charge is 2.34. The van der Waals surface area contributed by atoms with Gasteiger partial charge in [-0.2, -0.15) is 0 Å². The molecule has 3 amide bonds. The summed E-state index contributed by atoms with van der Waals surface area (Å²) in [6.45, 7) is -0.0773. The van der Waals surface area contributed by atoms with Crippen LogP contribution in [0, 0.1) is 11.6 Å². The predicted molar refractivity (Wildman–Crippen MR) is 121 cm³/mol. The number of rotatable bonds is 6. The summed E-state index contributed by atoms with van der Waals surface area (Å²) in [7, 11) is 0. The number of carbonyl (C=O) groups excluding carboxylic acids is 2. The lowest BCUT2D eigenvalue weighted by molar-refractivity contribution is -0.123. The summed E-state index contributed by atoms with van der Waals surface area (Å²) in [5, 5.41) is 2.86. The van der Waals surface area contributed by atoms with Crippen LogP contribution in [0.5, 0.6) is 5.75 Å². The first-order valence-electron chi connectivity index (χ1n) is 9.76. The van der Waals surface area contributed by atoms with Crippen LogP contribution in [0.25, 0.3) is 6.08 Å². The molecule has 0 aromatic heterocycles. The van der Waals surface area contributed by atoms with Gasteiger partial charge in [-0.1, -0.05) is 53.5 Å². The first-order chi connectivity index (χ1) is 15.8. The summed E-state index contributed by atoms with van der Waals surface area (Å²) in [4.78, 5) is 25.9. The molecular weight excluding hydrogens is 473 g/mol. The second-order valence-electron chi connectivity index (χ2n) is 7.20. The third-order valence-electron chi connectivity index (χ3n) is 4.88. The minimum absolute atomic E-state index is 0.00320. The van der Waals surface area contributed by atoms with Crippen LogP contribution in [0.4, 0.5) is 13.6 Å². The van der Waals surface area contributed by atoms with E-state index in [9.17, 15) is 18.4 Å². The maximum atomic E-state index is 13.9. The molecule has 0 radical (unpaired) electrons. The highest BCUT2D eigenvalue weighted by molar-refractivity contribution is 6.37. The van der Waals surface area contributed by atoms with Crippen LogP contribution in [-0.4, -0.2) is 16.8 Å². The van der Waals surface area contributed by atoms with Crippen LogP contribution in [0.3, 0.4) is 0 Å². The Kier molecular flexibility index (Phi) is 6.62. The Bertz CT molecular complexity index is 1240. The molecule has 0 spiro atoms. The maximum absolute atomic E-state index is 13.9. The summed E-state index contributed by atoms with van der Waals surface area (Å²) in [6, 6.07) is 14.1. The van der Waals surface area contributed by atoms with Gasteiger partial charge in [0.25, 0.3) is 5.91 Å².